The minimum Gasteiger partial charge on any atom is -0.507 e. The van der Waals surface area contributed by atoms with Gasteiger partial charge in [-0.05, 0) is 64.3 Å². The average molecular weight is 893 g/mol. The summed E-state index contributed by atoms with van der Waals surface area (Å²) in [5, 5.41) is 14.1. The summed E-state index contributed by atoms with van der Waals surface area (Å²) in [4.78, 5) is 51.8. The maximum Gasteiger partial charge on any atom is 0.408 e. The summed E-state index contributed by atoms with van der Waals surface area (Å²) in [6.07, 6.45) is 13.4. The predicted molar refractivity (Wildman–Crippen MR) is 254 cm³/mol. The fraction of sp³-hybridized carbons (Fsp3) is 0.462. The fourth-order valence-electron chi connectivity index (χ4n) is 7.16. The number of esters is 2. The highest BCUT2D eigenvalue weighted by Gasteiger charge is 2.32. The highest BCUT2D eigenvalue weighted by molar-refractivity contribution is 5.82. The Bertz CT molecular complexity index is 2110. The summed E-state index contributed by atoms with van der Waals surface area (Å²) in [6, 6.07) is 16.9. The van der Waals surface area contributed by atoms with Crippen molar-refractivity contribution in [3.8, 4) is 45.7 Å². The molecule has 13 heteroatoms. The minimum atomic E-state index is -1.37. The molecule has 0 spiro atoms. The molecule has 2 N–H and O–H groups in total. The second-order valence-electron chi connectivity index (χ2n) is 16.9. The molecule has 1 atom stereocenters. The van der Waals surface area contributed by atoms with Crippen molar-refractivity contribution < 1.29 is 43.2 Å². The number of nitrogens with one attached hydrogen (secondary N) is 1. The largest absolute Gasteiger partial charge is 0.507 e. The molecule has 350 valence electrons. The molecule has 3 aromatic carbocycles. The lowest BCUT2D eigenvalue weighted by molar-refractivity contribution is -0.144. The van der Waals surface area contributed by atoms with E-state index in [0.29, 0.717) is 29.6 Å². The van der Waals surface area contributed by atoms with E-state index < -0.39 is 29.7 Å². The summed E-state index contributed by atoms with van der Waals surface area (Å²) in [6.45, 7) is 18.3. The smallest absolute Gasteiger partial charge is 0.408 e. The Kier molecular flexibility index (Phi) is 21.1. The van der Waals surface area contributed by atoms with Crippen LogP contribution in [0.15, 0.2) is 79.9 Å². The summed E-state index contributed by atoms with van der Waals surface area (Å²) in [7, 11) is 0. The number of ether oxygens (including phenoxy) is 5. The Balaban J connectivity index is 1.49. The van der Waals surface area contributed by atoms with Crippen LogP contribution in [0, 0.1) is 27.7 Å². The molecule has 0 aliphatic heterocycles. The van der Waals surface area contributed by atoms with Crippen LogP contribution in [0.5, 0.6) is 11.5 Å². The van der Waals surface area contributed by atoms with Gasteiger partial charge in [0.15, 0.2) is 23.6 Å². The lowest BCUT2D eigenvalue weighted by Gasteiger charge is -2.30. The van der Waals surface area contributed by atoms with Crippen LogP contribution in [0.4, 0.5) is 4.79 Å². The molecular formula is C52H68N4O9. The van der Waals surface area contributed by atoms with Gasteiger partial charge in [-0.15, -0.1) is 0 Å². The van der Waals surface area contributed by atoms with E-state index in [9.17, 15) is 19.5 Å². The topological polar surface area (TPSA) is 168 Å². The van der Waals surface area contributed by atoms with Crippen LogP contribution in [0.2, 0.25) is 0 Å². The average Bonchev–Trinajstić information content (AvgIpc) is 3.27. The van der Waals surface area contributed by atoms with Gasteiger partial charge in [0.25, 0.3) is 0 Å². The Morgan fingerprint density at radius 3 is 1.63 bits per heavy atom. The molecule has 0 saturated heterocycles. The monoisotopic (exact) mass is 892 g/mol. The number of aromatic hydroxyl groups is 1. The third-order valence-electron chi connectivity index (χ3n) is 10.8. The lowest BCUT2D eigenvalue weighted by atomic mass is 10.0. The Labute approximate surface area is 385 Å². The van der Waals surface area contributed by atoms with Gasteiger partial charge in [-0.25, -0.2) is 29.3 Å². The van der Waals surface area contributed by atoms with E-state index in [1.54, 1.807) is 12.1 Å². The van der Waals surface area contributed by atoms with Crippen molar-refractivity contribution in [1.29, 1.82) is 0 Å². The predicted octanol–water partition coefficient (Wildman–Crippen LogP) is 10.8. The molecule has 0 bridgehead atoms. The molecule has 65 heavy (non-hydrogen) atoms. The Morgan fingerprint density at radius 2 is 1.15 bits per heavy atom. The molecule has 4 aromatic rings. The van der Waals surface area contributed by atoms with Crippen molar-refractivity contribution in [1.82, 2.24) is 20.3 Å². The Hall–Kier alpha value is -6.08. The summed E-state index contributed by atoms with van der Waals surface area (Å²) in [5.74, 6) is -0.0582. The zero-order chi connectivity index (χ0) is 47.2. The van der Waals surface area contributed by atoms with Crippen molar-refractivity contribution >= 4 is 18.0 Å². The molecule has 0 fully saturated rings. The van der Waals surface area contributed by atoms with E-state index in [1.165, 1.54) is 64.4 Å². The first-order valence-corrected chi connectivity index (χ1v) is 22.8. The standard InChI is InChI=1S/C52H68N4O9/c1-9-12-13-14-15-16-17-18-19-20-21-28-61-32-41(65-51(60)56-52(8,34-63-46(58)10-2)35-64-47(59)11-3)33-62-40-24-27-44(45(57)31-40)50-54-48(42-25-22-36(4)29-38(42)6)53-49(55-50)43-26-23-37(5)30-39(43)7/h10-11,22-27,29-31,41,57H,2-3,9,12-21,28,32-35H2,1,4-8H3,(H,56,60). The van der Waals surface area contributed by atoms with Gasteiger partial charge in [-0.1, -0.05) is 132 Å². The summed E-state index contributed by atoms with van der Waals surface area (Å²) in [5.41, 5.74) is 4.94. The van der Waals surface area contributed by atoms with Crippen LogP contribution in [0.25, 0.3) is 34.2 Å². The van der Waals surface area contributed by atoms with Crippen molar-refractivity contribution in [2.75, 3.05) is 33.0 Å². The number of amides is 1. The van der Waals surface area contributed by atoms with Crippen molar-refractivity contribution in [2.45, 2.75) is 124 Å². The molecule has 1 unspecified atom stereocenters. The molecular weight excluding hydrogens is 825 g/mol. The number of hydrogen-bond acceptors (Lipinski definition) is 12. The van der Waals surface area contributed by atoms with Gasteiger partial charge in [0.1, 0.15) is 36.9 Å². The SMILES string of the molecule is C=CC(=O)OCC(C)(COC(=O)C=C)NC(=O)OC(COCCCCCCCCCCCCC)COc1ccc(-c2nc(-c3ccc(C)cc3C)nc(-c3ccc(C)cc3C)n2)c(O)c1. The maximum atomic E-state index is 13.4. The van der Waals surface area contributed by atoms with Crippen molar-refractivity contribution in [3.05, 3.63) is 102 Å². The van der Waals surface area contributed by atoms with Gasteiger partial charge in [-0.3, -0.25) is 0 Å². The van der Waals surface area contributed by atoms with E-state index >= 15 is 0 Å². The fourth-order valence-corrected chi connectivity index (χ4v) is 7.16. The quantitative estimate of drug-likeness (QED) is 0.0240. The Morgan fingerprint density at radius 1 is 0.677 bits per heavy atom. The molecule has 1 heterocycles. The van der Waals surface area contributed by atoms with Crippen LogP contribution in [0.3, 0.4) is 0 Å². The zero-order valence-corrected chi connectivity index (χ0v) is 39.2. The van der Waals surface area contributed by atoms with Gasteiger partial charge in [0, 0.05) is 36.0 Å². The highest BCUT2D eigenvalue weighted by Crippen LogP contribution is 2.34. The first-order valence-electron chi connectivity index (χ1n) is 22.8. The molecule has 0 saturated carbocycles. The molecule has 1 amide bonds. The number of benzene rings is 3. The van der Waals surface area contributed by atoms with Crippen LogP contribution in [-0.4, -0.2) is 82.8 Å². The van der Waals surface area contributed by atoms with Crippen LogP contribution in [-0.2, 0) is 28.5 Å². The molecule has 0 aliphatic carbocycles. The number of nitrogens with zero attached hydrogens (tertiary/aromatic N) is 3. The number of rotatable bonds is 28. The van der Waals surface area contributed by atoms with E-state index in [1.807, 2.05) is 52.0 Å². The minimum absolute atomic E-state index is 0.0100. The lowest BCUT2D eigenvalue weighted by Crippen LogP contribution is -2.54. The molecule has 13 nitrogen and oxygen atoms in total. The van der Waals surface area contributed by atoms with E-state index in [4.69, 9.17) is 38.6 Å². The number of phenolic OH excluding ortho intramolecular Hbond substituents is 1. The number of aromatic nitrogens is 3. The second kappa shape index (κ2) is 26.6. The number of alkyl carbamates (subject to hydrolysis) is 1. The number of unbranched alkanes of at least 4 members (excludes halogenated alkanes) is 10. The van der Waals surface area contributed by atoms with Crippen LogP contribution < -0.4 is 10.1 Å². The number of carbonyl (C=O) groups excluding carboxylic acids is 3. The molecule has 1 aromatic heterocycles. The first-order chi connectivity index (χ1) is 31.2. The van der Waals surface area contributed by atoms with Crippen LogP contribution >= 0.6 is 0 Å². The second-order valence-corrected chi connectivity index (χ2v) is 16.9. The number of phenols is 1. The van der Waals surface area contributed by atoms with Crippen molar-refractivity contribution in [2.24, 2.45) is 0 Å². The number of carbonyl (C=O) groups is 3. The van der Waals surface area contributed by atoms with E-state index in [-0.39, 0.29) is 38.0 Å². The van der Waals surface area contributed by atoms with Gasteiger partial charge in [0.2, 0.25) is 0 Å². The third kappa shape index (κ3) is 17.4. The van der Waals surface area contributed by atoms with E-state index in [2.05, 4.69) is 37.5 Å². The number of aryl methyl sites for hydroxylation is 4. The summed E-state index contributed by atoms with van der Waals surface area (Å²) >= 11 is 0. The number of hydrogen-bond donors (Lipinski definition) is 2. The maximum absolute atomic E-state index is 13.4. The van der Waals surface area contributed by atoms with Gasteiger partial charge >= 0.3 is 18.0 Å². The van der Waals surface area contributed by atoms with Crippen molar-refractivity contribution in [3.63, 3.8) is 0 Å². The van der Waals surface area contributed by atoms with Gasteiger partial charge in [0.05, 0.1) is 12.2 Å². The van der Waals surface area contributed by atoms with Gasteiger partial charge < -0.3 is 34.1 Å². The zero-order valence-electron chi connectivity index (χ0n) is 39.2. The molecule has 4 rings (SSSR count). The first kappa shape index (κ1) is 51.6. The third-order valence-corrected chi connectivity index (χ3v) is 10.8. The molecule has 0 aliphatic rings. The van der Waals surface area contributed by atoms with Crippen LogP contribution in [0.1, 0.15) is 107 Å². The normalized spacial score (nSPS) is 11.7. The highest BCUT2D eigenvalue weighted by atomic mass is 16.6. The summed E-state index contributed by atoms with van der Waals surface area (Å²) < 4.78 is 28.3. The van der Waals surface area contributed by atoms with E-state index in [0.717, 1.165) is 64.8 Å². The van der Waals surface area contributed by atoms with Gasteiger partial charge in [-0.2, -0.15) is 0 Å². The molecule has 0 radical (unpaired) electrons.